The number of rotatable bonds is 4. The van der Waals surface area contributed by atoms with Crippen LogP contribution in [0.4, 0.5) is 5.69 Å². The Bertz CT molecular complexity index is 1330. The minimum Gasteiger partial charge on any atom is -0.478 e. The SMILES string of the molecule is O=C(O)c1ccc(S(=O)(=O)c2ccc3c(c2)C(=O)N(c2cccc(I)c2)C3=O)cc1. The van der Waals surface area contributed by atoms with Crippen molar-refractivity contribution in [2.75, 3.05) is 4.90 Å². The first-order valence-corrected chi connectivity index (χ1v) is 11.1. The molecular formula is C21H12INO6S. The highest BCUT2D eigenvalue weighted by Crippen LogP contribution is 2.32. The highest BCUT2D eigenvalue weighted by Gasteiger charge is 2.37. The molecule has 0 spiro atoms. The molecule has 4 rings (SSSR count). The van der Waals surface area contributed by atoms with E-state index >= 15 is 0 Å². The van der Waals surface area contributed by atoms with E-state index in [4.69, 9.17) is 5.11 Å². The minimum atomic E-state index is -4.01. The molecule has 1 heterocycles. The Morgan fingerprint density at radius 1 is 0.833 bits per heavy atom. The first-order chi connectivity index (χ1) is 14.2. The topological polar surface area (TPSA) is 109 Å². The molecule has 2 amide bonds. The minimum absolute atomic E-state index is 0.00194. The van der Waals surface area contributed by atoms with Gasteiger partial charge in [0.1, 0.15) is 0 Å². The molecule has 0 aromatic heterocycles. The molecule has 9 heteroatoms. The number of carboxylic acid groups (broad SMARTS) is 1. The van der Waals surface area contributed by atoms with Gasteiger partial charge in [0.2, 0.25) is 9.84 Å². The van der Waals surface area contributed by atoms with Crippen molar-refractivity contribution in [2.45, 2.75) is 9.79 Å². The van der Waals surface area contributed by atoms with Crippen LogP contribution >= 0.6 is 22.6 Å². The van der Waals surface area contributed by atoms with E-state index in [2.05, 4.69) is 22.6 Å². The maximum atomic E-state index is 12.9. The molecule has 0 radical (unpaired) electrons. The second-order valence-electron chi connectivity index (χ2n) is 6.47. The van der Waals surface area contributed by atoms with E-state index in [1.165, 1.54) is 42.5 Å². The number of nitrogens with zero attached hydrogens (tertiary/aromatic N) is 1. The van der Waals surface area contributed by atoms with Crippen molar-refractivity contribution >= 4 is 55.9 Å². The van der Waals surface area contributed by atoms with Gasteiger partial charge in [0.15, 0.2) is 0 Å². The quantitative estimate of drug-likeness (QED) is 0.406. The van der Waals surface area contributed by atoms with E-state index in [9.17, 15) is 22.8 Å². The number of hydrogen-bond donors (Lipinski definition) is 1. The summed E-state index contributed by atoms with van der Waals surface area (Å²) in [6.45, 7) is 0. The van der Waals surface area contributed by atoms with Gasteiger partial charge >= 0.3 is 5.97 Å². The molecule has 3 aromatic rings. The number of amides is 2. The van der Waals surface area contributed by atoms with Crippen LogP contribution in [0.1, 0.15) is 31.1 Å². The summed E-state index contributed by atoms with van der Waals surface area (Å²) in [5.41, 5.74) is 0.486. The molecular weight excluding hydrogens is 521 g/mol. The van der Waals surface area contributed by atoms with E-state index in [0.717, 1.165) is 8.47 Å². The lowest BCUT2D eigenvalue weighted by Crippen LogP contribution is -2.29. The highest BCUT2D eigenvalue weighted by atomic mass is 127. The second kappa shape index (κ2) is 7.33. The van der Waals surface area contributed by atoms with Gasteiger partial charge in [0.25, 0.3) is 11.8 Å². The molecule has 0 unspecified atom stereocenters. The number of hydrogen-bond acceptors (Lipinski definition) is 5. The van der Waals surface area contributed by atoms with Crippen LogP contribution in [-0.4, -0.2) is 31.3 Å². The van der Waals surface area contributed by atoms with Crippen molar-refractivity contribution in [1.29, 1.82) is 0 Å². The van der Waals surface area contributed by atoms with Crippen LogP contribution in [0.5, 0.6) is 0 Å². The van der Waals surface area contributed by atoms with E-state index in [1.54, 1.807) is 18.2 Å². The number of carbonyl (C=O) groups excluding carboxylic acids is 2. The number of fused-ring (bicyclic) bond motifs is 1. The molecule has 0 fully saturated rings. The van der Waals surface area contributed by atoms with Crippen LogP contribution in [0.15, 0.2) is 76.5 Å². The molecule has 0 aliphatic carbocycles. The fourth-order valence-corrected chi connectivity index (χ4v) is 4.96. The van der Waals surface area contributed by atoms with Gasteiger partial charge in [-0.1, -0.05) is 6.07 Å². The summed E-state index contributed by atoms with van der Waals surface area (Å²) in [6, 6.07) is 15.4. The molecule has 7 nitrogen and oxygen atoms in total. The molecule has 0 atom stereocenters. The molecule has 1 aliphatic heterocycles. The fourth-order valence-electron chi connectivity index (χ4n) is 3.15. The summed E-state index contributed by atoms with van der Waals surface area (Å²) < 4.78 is 26.7. The average molecular weight is 533 g/mol. The van der Waals surface area contributed by atoms with Crippen LogP contribution in [0.25, 0.3) is 0 Å². The summed E-state index contributed by atoms with van der Waals surface area (Å²) in [4.78, 5) is 37.4. The van der Waals surface area contributed by atoms with Crippen LogP contribution in [0.2, 0.25) is 0 Å². The summed E-state index contributed by atoms with van der Waals surface area (Å²) in [7, 11) is -4.01. The van der Waals surface area contributed by atoms with Crippen LogP contribution < -0.4 is 4.90 Å². The lowest BCUT2D eigenvalue weighted by atomic mass is 10.1. The third-order valence-electron chi connectivity index (χ3n) is 4.65. The van der Waals surface area contributed by atoms with Crippen molar-refractivity contribution in [3.63, 3.8) is 0 Å². The summed E-state index contributed by atoms with van der Waals surface area (Å²) in [5.74, 6) is -2.29. The second-order valence-corrected chi connectivity index (χ2v) is 9.66. The first kappa shape index (κ1) is 20.2. The van der Waals surface area contributed by atoms with Gasteiger partial charge < -0.3 is 5.11 Å². The Morgan fingerprint density at radius 2 is 1.47 bits per heavy atom. The Labute approximate surface area is 185 Å². The number of carbonyl (C=O) groups is 3. The van der Waals surface area contributed by atoms with Crippen molar-refractivity contribution in [1.82, 2.24) is 0 Å². The maximum Gasteiger partial charge on any atom is 0.335 e. The molecule has 1 aliphatic rings. The number of carboxylic acids is 1. The van der Waals surface area contributed by atoms with Gasteiger partial charge in [0.05, 0.1) is 32.2 Å². The van der Waals surface area contributed by atoms with Gasteiger partial charge in [0, 0.05) is 3.57 Å². The monoisotopic (exact) mass is 533 g/mol. The molecule has 150 valence electrons. The molecule has 1 N–H and O–H groups in total. The van der Waals surface area contributed by atoms with Gasteiger partial charge in [-0.25, -0.2) is 18.1 Å². The summed E-state index contributed by atoms with van der Waals surface area (Å²) in [6.07, 6.45) is 0. The Hall–Kier alpha value is -3.05. The maximum absolute atomic E-state index is 12.9. The Balaban J connectivity index is 1.75. The smallest absolute Gasteiger partial charge is 0.335 e. The zero-order valence-electron chi connectivity index (χ0n) is 15.1. The standard InChI is InChI=1S/C21H12INO6S/c22-13-2-1-3-14(10-13)23-19(24)17-9-8-16(11-18(17)20(23)25)30(28,29)15-6-4-12(5-7-15)21(26)27/h1-11H,(H,26,27). The normalized spacial score (nSPS) is 13.4. The molecule has 0 saturated heterocycles. The van der Waals surface area contributed by atoms with Gasteiger partial charge in [-0.3, -0.25) is 9.59 Å². The van der Waals surface area contributed by atoms with Crippen molar-refractivity contribution in [3.05, 3.63) is 87.0 Å². The highest BCUT2D eigenvalue weighted by molar-refractivity contribution is 14.1. The predicted octanol–water partition coefficient (Wildman–Crippen LogP) is 3.62. The van der Waals surface area contributed by atoms with Gasteiger partial charge in [-0.05, 0) is 83.3 Å². The van der Waals surface area contributed by atoms with E-state index < -0.39 is 27.6 Å². The summed E-state index contributed by atoms with van der Waals surface area (Å²) in [5, 5.41) is 8.97. The van der Waals surface area contributed by atoms with Gasteiger partial charge in [-0.15, -0.1) is 0 Å². The zero-order chi connectivity index (χ0) is 21.6. The Morgan fingerprint density at radius 3 is 2.10 bits per heavy atom. The summed E-state index contributed by atoms with van der Waals surface area (Å²) >= 11 is 2.07. The number of halogens is 1. The van der Waals surface area contributed by atoms with E-state index in [0.29, 0.717) is 5.69 Å². The third-order valence-corrected chi connectivity index (χ3v) is 7.08. The predicted molar refractivity (Wildman–Crippen MR) is 116 cm³/mol. The number of imide groups is 1. The lowest BCUT2D eigenvalue weighted by Gasteiger charge is -2.13. The van der Waals surface area contributed by atoms with Crippen LogP contribution in [-0.2, 0) is 9.84 Å². The first-order valence-electron chi connectivity index (χ1n) is 8.57. The number of benzene rings is 3. The molecule has 3 aromatic carbocycles. The molecule has 0 saturated carbocycles. The van der Waals surface area contributed by atoms with Crippen LogP contribution in [0, 0.1) is 3.57 Å². The zero-order valence-corrected chi connectivity index (χ0v) is 18.0. The fraction of sp³-hybridized carbons (Fsp3) is 0. The lowest BCUT2D eigenvalue weighted by molar-refractivity contribution is 0.0696. The van der Waals surface area contributed by atoms with E-state index in [-0.39, 0.29) is 26.5 Å². The van der Waals surface area contributed by atoms with Crippen molar-refractivity contribution in [3.8, 4) is 0 Å². The molecule has 0 bridgehead atoms. The Kier molecular flexibility index (Phi) is 4.94. The van der Waals surface area contributed by atoms with Gasteiger partial charge in [-0.2, -0.15) is 0 Å². The van der Waals surface area contributed by atoms with E-state index in [1.807, 2.05) is 6.07 Å². The largest absolute Gasteiger partial charge is 0.478 e. The van der Waals surface area contributed by atoms with Crippen LogP contribution in [0.3, 0.4) is 0 Å². The number of aromatic carboxylic acids is 1. The third kappa shape index (κ3) is 3.29. The molecule has 30 heavy (non-hydrogen) atoms. The number of sulfone groups is 1. The van der Waals surface area contributed by atoms with Crippen molar-refractivity contribution < 1.29 is 27.9 Å². The van der Waals surface area contributed by atoms with Crippen molar-refractivity contribution in [2.24, 2.45) is 0 Å². The average Bonchev–Trinajstić information content (AvgIpc) is 2.98. The number of anilines is 1.